The molecule has 0 saturated carbocycles. The molecule has 1 aliphatic rings. The van der Waals surface area contributed by atoms with Gasteiger partial charge in [-0.3, -0.25) is 14.5 Å². The number of piperazine rings is 1. The number of thiophene rings is 1. The molecule has 1 aliphatic heterocycles. The lowest BCUT2D eigenvalue weighted by Crippen LogP contribution is -2.48. The van der Waals surface area contributed by atoms with Crippen LogP contribution in [-0.2, 0) is 19.8 Å². The molecule has 6 nitrogen and oxygen atoms in total. The van der Waals surface area contributed by atoms with Crippen LogP contribution < -0.4 is 5.56 Å². The van der Waals surface area contributed by atoms with Crippen molar-refractivity contribution >= 4 is 27.5 Å². The summed E-state index contributed by atoms with van der Waals surface area (Å²) in [4.78, 5) is 34.7. The van der Waals surface area contributed by atoms with Crippen molar-refractivity contribution in [2.24, 2.45) is 7.05 Å². The van der Waals surface area contributed by atoms with Gasteiger partial charge < -0.3 is 9.47 Å². The van der Waals surface area contributed by atoms with Crippen LogP contribution >= 0.6 is 11.3 Å². The second-order valence-corrected chi connectivity index (χ2v) is 8.66. The Bertz CT molecular complexity index is 1180. The lowest BCUT2D eigenvalue weighted by atomic mass is 10.1. The van der Waals surface area contributed by atoms with Gasteiger partial charge in [0.2, 0.25) is 0 Å². The maximum Gasteiger partial charge on any atom is 0.416 e. The fraction of sp³-hybridized carbons (Fsp3) is 0.381. The van der Waals surface area contributed by atoms with Gasteiger partial charge >= 0.3 is 6.18 Å². The summed E-state index contributed by atoms with van der Waals surface area (Å²) in [5.41, 5.74) is 0.634. The second kappa shape index (κ2) is 8.08. The van der Waals surface area contributed by atoms with Gasteiger partial charge in [0.25, 0.3) is 11.5 Å². The molecule has 0 unspecified atom stereocenters. The highest BCUT2D eigenvalue weighted by molar-refractivity contribution is 7.20. The topological polar surface area (TPSA) is 58.4 Å². The molecule has 0 aliphatic carbocycles. The van der Waals surface area contributed by atoms with Crippen LogP contribution in [0.15, 0.2) is 35.4 Å². The quantitative estimate of drug-likeness (QED) is 0.615. The van der Waals surface area contributed by atoms with E-state index in [4.69, 9.17) is 0 Å². The molecule has 0 N–H and O–H groups in total. The Hall–Kier alpha value is -2.72. The molecule has 1 saturated heterocycles. The van der Waals surface area contributed by atoms with Crippen LogP contribution in [0.5, 0.6) is 0 Å². The third-order valence-corrected chi connectivity index (χ3v) is 6.74. The van der Waals surface area contributed by atoms with Crippen molar-refractivity contribution < 1.29 is 18.0 Å². The first-order chi connectivity index (χ1) is 14.6. The maximum absolute atomic E-state index is 13.1. The minimum atomic E-state index is -4.34. The van der Waals surface area contributed by atoms with Crippen molar-refractivity contribution in [3.05, 3.63) is 62.5 Å². The third kappa shape index (κ3) is 4.22. The highest BCUT2D eigenvalue weighted by Crippen LogP contribution is 2.30. The number of carbonyl (C=O) groups is 1. The lowest BCUT2D eigenvalue weighted by Gasteiger charge is -2.34. The van der Waals surface area contributed by atoms with Gasteiger partial charge in [-0.05, 0) is 30.2 Å². The van der Waals surface area contributed by atoms with Crippen molar-refractivity contribution in [3.63, 3.8) is 0 Å². The first kappa shape index (κ1) is 21.5. The molecule has 1 fully saturated rings. The average molecular weight is 450 g/mol. The molecule has 3 aromatic rings. The van der Waals surface area contributed by atoms with Gasteiger partial charge in [0.1, 0.15) is 4.83 Å². The standard InChI is InChI=1S/C21H21F3N4O2S/c1-13-16-18(25-12-26(2)19(16)29)31-17(13)20(30)28-9-7-27(8-10-28)11-14-3-5-15(6-4-14)21(22,23)24/h3-6,12H,7-11H2,1-2H3. The fourth-order valence-electron chi connectivity index (χ4n) is 3.72. The number of nitrogens with zero attached hydrogens (tertiary/aromatic N) is 4. The van der Waals surface area contributed by atoms with E-state index in [0.29, 0.717) is 53.4 Å². The van der Waals surface area contributed by atoms with E-state index in [-0.39, 0.29) is 11.5 Å². The molecule has 3 heterocycles. The Morgan fingerprint density at radius 1 is 1.13 bits per heavy atom. The minimum Gasteiger partial charge on any atom is -0.335 e. The van der Waals surface area contributed by atoms with Gasteiger partial charge in [0, 0.05) is 39.8 Å². The zero-order valence-electron chi connectivity index (χ0n) is 17.1. The third-order valence-electron chi connectivity index (χ3n) is 5.55. The van der Waals surface area contributed by atoms with Gasteiger partial charge in [-0.15, -0.1) is 11.3 Å². The highest BCUT2D eigenvalue weighted by Gasteiger charge is 2.30. The summed E-state index contributed by atoms with van der Waals surface area (Å²) in [7, 11) is 1.63. The predicted octanol–water partition coefficient (Wildman–Crippen LogP) is 3.28. The number of benzene rings is 1. The van der Waals surface area contributed by atoms with Gasteiger partial charge in [-0.2, -0.15) is 13.2 Å². The number of amides is 1. The number of hydrogen-bond acceptors (Lipinski definition) is 5. The Kier molecular flexibility index (Phi) is 5.61. The smallest absolute Gasteiger partial charge is 0.335 e. The van der Waals surface area contributed by atoms with E-state index in [9.17, 15) is 22.8 Å². The molecule has 1 aromatic carbocycles. The van der Waals surface area contributed by atoms with Crippen LogP contribution in [0.4, 0.5) is 13.2 Å². The number of halogens is 3. The van der Waals surface area contributed by atoms with Gasteiger partial charge in [-0.1, -0.05) is 12.1 Å². The molecule has 0 radical (unpaired) electrons. The van der Waals surface area contributed by atoms with E-state index in [1.54, 1.807) is 18.9 Å². The summed E-state index contributed by atoms with van der Waals surface area (Å²) in [5.74, 6) is -0.114. The summed E-state index contributed by atoms with van der Waals surface area (Å²) >= 11 is 1.23. The number of aryl methyl sites for hydroxylation is 2. The van der Waals surface area contributed by atoms with E-state index in [2.05, 4.69) is 9.88 Å². The minimum absolute atomic E-state index is 0.114. The highest BCUT2D eigenvalue weighted by atomic mass is 32.1. The fourth-order valence-corrected chi connectivity index (χ4v) is 4.83. The van der Waals surface area contributed by atoms with Gasteiger partial charge in [-0.25, -0.2) is 4.98 Å². The summed E-state index contributed by atoms with van der Waals surface area (Å²) in [6.07, 6.45) is -2.89. The summed E-state index contributed by atoms with van der Waals surface area (Å²) in [6.45, 7) is 4.57. The first-order valence-electron chi connectivity index (χ1n) is 9.77. The molecule has 0 spiro atoms. The normalized spacial score (nSPS) is 15.6. The van der Waals surface area contributed by atoms with E-state index in [1.807, 2.05) is 0 Å². The van der Waals surface area contributed by atoms with Crippen LogP contribution in [0.2, 0.25) is 0 Å². The van der Waals surface area contributed by atoms with E-state index >= 15 is 0 Å². The number of rotatable bonds is 3. The molecule has 1 amide bonds. The second-order valence-electron chi connectivity index (χ2n) is 7.66. The number of hydrogen-bond donors (Lipinski definition) is 0. The largest absolute Gasteiger partial charge is 0.416 e. The van der Waals surface area contributed by atoms with Crippen LogP contribution in [0.3, 0.4) is 0 Å². The Morgan fingerprint density at radius 2 is 1.77 bits per heavy atom. The van der Waals surface area contributed by atoms with Crippen LogP contribution in [0, 0.1) is 6.92 Å². The zero-order chi connectivity index (χ0) is 22.3. The van der Waals surface area contributed by atoms with Gasteiger partial charge in [0.05, 0.1) is 22.2 Å². The predicted molar refractivity (Wildman–Crippen MR) is 112 cm³/mol. The van der Waals surface area contributed by atoms with E-state index in [0.717, 1.165) is 17.7 Å². The maximum atomic E-state index is 13.1. The van der Waals surface area contributed by atoms with E-state index in [1.165, 1.54) is 34.4 Å². The summed E-state index contributed by atoms with van der Waals surface area (Å²) < 4.78 is 39.5. The average Bonchev–Trinajstić information content (AvgIpc) is 3.07. The molecule has 2 aromatic heterocycles. The van der Waals surface area contributed by atoms with Crippen LogP contribution in [-0.4, -0.2) is 51.4 Å². The molecule has 31 heavy (non-hydrogen) atoms. The molecular formula is C21H21F3N4O2S. The molecule has 0 atom stereocenters. The summed E-state index contributed by atoms with van der Waals surface area (Å²) in [5, 5.41) is 0.485. The number of aromatic nitrogens is 2. The molecule has 10 heteroatoms. The molecule has 4 rings (SSSR count). The molecule has 0 bridgehead atoms. The Morgan fingerprint density at radius 3 is 2.39 bits per heavy atom. The zero-order valence-corrected chi connectivity index (χ0v) is 17.9. The van der Waals surface area contributed by atoms with Crippen molar-refractivity contribution in [1.29, 1.82) is 0 Å². The number of fused-ring (bicyclic) bond motifs is 1. The van der Waals surface area contributed by atoms with E-state index < -0.39 is 11.7 Å². The lowest BCUT2D eigenvalue weighted by molar-refractivity contribution is -0.137. The monoisotopic (exact) mass is 450 g/mol. The van der Waals surface area contributed by atoms with Crippen LogP contribution in [0.25, 0.3) is 10.2 Å². The summed E-state index contributed by atoms with van der Waals surface area (Å²) in [6, 6.07) is 5.18. The molecule has 164 valence electrons. The van der Waals surface area contributed by atoms with Crippen molar-refractivity contribution in [2.45, 2.75) is 19.6 Å². The number of carbonyl (C=O) groups excluding carboxylic acids is 1. The van der Waals surface area contributed by atoms with Gasteiger partial charge in [0.15, 0.2) is 0 Å². The molecular weight excluding hydrogens is 429 g/mol. The Labute approximate surface area is 180 Å². The Balaban J connectivity index is 1.41. The van der Waals surface area contributed by atoms with Crippen molar-refractivity contribution in [1.82, 2.24) is 19.4 Å². The van der Waals surface area contributed by atoms with Crippen molar-refractivity contribution in [2.75, 3.05) is 26.2 Å². The SMILES string of the molecule is Cc1c(C(=O)N2CCN(Cc3ccc(C(F)(F)F)cc3)CC2)sc2ncn(C)c(=O)c12. The number of alkyl halides is 3. The first-order valence-corrected chi connectivity index (χ1v) is 10.6. The van der Waals surface area contributed by atoms with Crippen LogP contribution in [0.1, 0.15) is 26.4 Å². The van der Waals surface area contributed by atoms with Crippen molar-refractivity contribution in [3.8, 4) is 0 Å².